The topological polar surface area (TPSA) is 21.7 Å². The summed E-state index contributed by atoms with van der Waals surface area (Å²) in [7, 11) is -0.354. The highest BCUT2D eigenvalue weighted by Gasteiger charge is 2.51. The molecule has 0 unspecified atom stereocenters. The molecule has 3 aromatic carbocycles. The highest BCUT2D eigenvalue weighted by atomic mass is 79.9. The van der Waals surface area contributed by atoms with Crippen LogP contribution in [0.4, 0.5) is 17.1 Å². The van der Waals surface area contributed by atoms with Crippen LogP contribution in [0.1, 0.15) is 33.3 Å². The average Bonchev–Trinajstić information content (AvgIpc) is 2.97. The van der Waals surface area contributed by atoms with Crippen molar-refractivity contribution in [2.45, 2.75) is 44.2 Å². The van der Waals surface area contributed by atoms with E-state index in [1.165, 1.54) is 5.56 Å². The maximum absolute atomic E-state index is 6.20. The Morgan fingerprint density at radius 1 is 0.700 bits per heavy atom. The lowest BCUT2D eigenvalue weighted by molar-refractivity contribution is 0.00578. The van der Waals surface area contributed by atoms with Crippen molar-refractivity contribution in [3.63, 3.8) is 0 Å². The van der Waals surface area contributed by atoms with Crippen molar-refractivity contribution in [2.24, 2.45) is 0 Å². The van der Waals surface area contributed by atoms with Crippen LogP contribution >= 0.6 is 15.9 Å². The third-order valence-corrected chi connectivity index (χ3v) is 6.69. The molecule has 0 radical (unpaired) electrons. The number of hydrogen-bond donors (Lipinski definition) is 0. The van der Waals surface area contributed by atoms with Crippen LogP contribution in [0.5, 0.6) is 0 Å². The Morgan fingerprint density at radius 2 is 1.17 bits per heavy atom. The summed E-state index contributed by atoms with van der Waals surface area (Å²) in [6.45, 7) is 8.31. The van der Waals surface area contributed by atoms with Crippen LogP contribution in [0.25, 0.3) is 0 Å². The summed E-state index contributed by atoms with van der Waals surface area (Å²) >= 11 is 3.53. The van der Waals surface area contributed by atoms with Gasteiger partial charge >= 0.3 is 7.12 Å². The fraction of sp³-hybridized carbons (Fsp3) is 0.280. The third-order valence-electron chi connectivity index (χ3n) is 6.04. The average molecular weight is 464 g/mol. The monoisotopic (exact) mass is 463 g/mol. The van der Waals surface area contributed by atoms with Gasteiger partial charge in [-0.3, -0.25) is 0 Å². The minimum Gasteiger partial charge on any atom is -0.399 e. The van der Waals surface area contributed by atoms with Crippen molar-refractivity contribution >= 4 is 45.6 Å². The van der Waals surface area contributed by atoms with E-state index in [1.54, 1.807) is 0 Å². The van der Waals surface area contributed by atoms with Gasteiger partial charge < -0.3 is 14.2 Å². The van der Waals surface area contributed by atoms with Crippen LogP contribution in [0.15, 0.2) is 78.9 Å². The van der Waals surface area contributed by atoms with Gasteiger partial charge in [-0.2, -0.15) is 0 Å². The van der Waals surface area contributed by atoms with Gasteiger partial charge in [0.15, 0.2) is 0 Å². The molecule has 4 rings (SSSR count). The van der Waals surface area contributed by atoms with Gasteiger partial charge in [0.1, 0.15) is 0 Å². The Labute approximate surface area is 188 Å². The van der Waals surface area contributed by atoms with Crippen molar-refractivity contribution in [1.29, 1.82) is 0 Å². The molecule has 1 aliphatic heterocycles. The molecule has 30 heavy (non-hydrogen) atoms. The molecule has 0 spiro atoms. The maximum atomic E-state index is 6.20. The second-order valence-corrected chi connectivity index (χ2v) is 9.21. The molecule has 3 nitrogen and oxygen atoms in total. The summed E-state index contributed by atoms with van der Waals surface area (Å²) in [5.74, 6) is 0. The Morgan fingerprint density at radius 3 is 1.67 bits per heavy atom. The van der Waals surface area contributed by atoms with Crippen molar-refractivity contribution in [1.82, 2.24) is 0 Å². The SMILES string of the molecule is CC1(C)OB(c2ccc(N(c3ccccc3)c3ccc(CBr)cc3)cc2)OC1(C)C. The highest BCUT2D eigenvalue weighted by Crippen LogP contribution is 2.37. The fourth-order valence-corrected chi connectivity index (χ4v) is 3.89. The summed E-state index contributed by atoms with van der Waals surface area (Å²) in [5, 5.41) is 0.849. The molecular weight excluding hydrogens is 437 g/mol. The fourth-order valence-electron chi connectivity index (χ4n) is 3.52. The van der Waals surface area contributed by atoms with Gasteiger partial charge in [0.05, 0.1) is 11.2 Å². The molecule has 0 N–H and O–H groups in total. The number of hydrogen-bond acceptors (Lipinski definition) is 3. The van der Waals surface area contributed by atoms with Gasteiger partial charge in [-0.1, -0.05) is 58.4 Å². The number of rotatable bonds is 5. The van der Waals surface area contributed by atoms with Crippen LogP contribution in [0, 0.1) is 0 Å². The molecular formula is C25H27BBrNO2. The summed E-state index contributed by atoms with van der Waals surface area (Å²) in [4.78, 5) is 2.26. The molecule has 1 aliphatic rings. The Hall–Kier alpha value is -2.08. The van der Waals surface area contributed by atoms with Gasteiger partial charge in [0.25, 0.3) is 0 Å². The van der Waals surface area contributed by atoms with E-state index in [0.29, 0.717) is 0 Å². The van der Waals surface area contributed by atoms with E-state index in [2.05, 4.69) is 121 Å². The first-order valence-electron chi connectivity index (χ1n) is 10.3. The van der Waals surface area contributed by atoms with Gasteiger partial charge in [0.2, 0.25) is 0 Å². The minimum atomic E-state index is -0.354. The summed E-state index contributed by atoms with van der Waals surface area (Å²) in [5.41, 5.74) is 4.92. The number of para-hydroxylation sites is 1. The van der Waals surface area contributed by atoms with Crippen molar-refractivity contribution in [2.75, 3.05) is 4.90 Å². The first-order valence-corrected chi connectivity index (χ1v) is 11.4. The second kappa shape index (κ2) is 8.22. The van der Waals surface area contributed by atoms with Crippen molar-refractivity contribution in [3.8, 4) is 0 Å². The zero-order chi connectivity index (χ0) is 21.4. The third kappa shape index (κ3) is 4.07. The van der Waals surface area contributed by atoms with E-state index in [-0.39, 0.29) is 18.3 Å². The number of anilines is 3. The number of nitrogens with zero attached hydrogens (tertiary/aromatic N) is 1. The van der Waals surface area contributed by atoms with Crippen LogP contribution < -0.4 is 10.4 Å². The standard InChI is InChI=1S/C25H27BBrNO2/c1-24(2)25(3,4)30-26(29-24)20-12-16-23(17-13-20)28(21-8-6-5-7-9-21)22-14-10-19(18-27)11-15-22/h5-17H,18H2,1-4H3. The molecule has 154 valence electrons. The van der Waals surface area contributed by atoms with E-state index in [1.807, 2.05) is 6.07 Å². The van der Waals surface area contributed by atoms with Crippen LogP contribution in [-0.2, 0) is 14.6 Å². The summed E-state index contributed by atoms with van der Waals surface area (Å²) in [6.07, 6.45) is 0. The van der Waals surface area contributed by atoms with Gasteiger partial charge in [0, 0.05) is 22.4 Å². The maximum Gasteiger partial charge on any atom is 0.494 e. The predicted molar refractivity (Wildman–Crippen MR) is 129 cm³/mol. The number of benzene rings is 3. The van der Waals surface area contributed by atoms with Gasteiger partial charge in [-0.15, -0.1) is 0 Å². The Bertz CT molecular complexity index is 972. The van der Waals surface area contributed by atoms with Crippen LogP contribution in [0.2, 0.25) is 0 Å². The lowest BCUT2D eigenvalue weighted by Crippen LogP contribution is -2.41. The first kappa shape index (κ1) is 21.2. The molecule has 1 saturated heterocycles. The minimum absolute atomic E-state index is 0.344. The van der Waals surface area contributed by atoms with Gasteiger partial charge in [-0.05, 0) is 75.1 Å². The van der Waals surface area contributed by atoms with E-state index in [9.17, 15) is 0 Å². The zero-order valence-corrected chi connectivity index (χ0v) is 19.5. The molecule has 5 heteroatoms. The molecule has 1 fully saturated rings. The second-order valence-electron chi connectivity index (χ2n) is 8.65. The zero-order valence-electron chi connectivity index (χ0n) is 17.9. The van der Waals surface area contributed by atoms with Crippen molar-refractivity contribution in [3.05, 3.63) is 84.4 Å². The largest absolute Gasteiger partial charge is 0.494 e. The smallest absolute Gasteiger partial charge is 0.399 e. The van der Waals surface area contributed by atoms with Crippen LogP contribution in [0.3, 0.4) is 0 Å². The molecule has 1 heterocycles. The van der Waals surface area contributed by atoms with E-state index < -0.39 is 0 Å². The number of alkyl halides is 1. The Kier molecular flexibility index (Phi) is 5.80. The van der Waals surface area contributed by atoms with Crippen LogP contribution in [-0.4, -0.2) is 18.3 Å². The lowest BCUT2D eigenvalue weighted by atomic mass is 9.79. The molecule has 0 amide bonds. The molecule has 0 atom stereocenters. The molecule has 0 saturated carbocycles. The molecule has 0 bridgehead atoms. The molecule has 0 aromatic heterocycles. The van der Waals surface area contributed by atoms with E-state index >= 15 is 0 Å². The van der Waals surface area contributed by atoms with E-state index in [0.717, 1.165) is 27.9 Å². The first-order chi connectivity index (χ1) is 14.3. The number of halogens is 1. The van der Waals surface area contributed by atoms with Crippen molar-refractivity contribution < 1.29 is 9.31 Å². The normalized spacial score (nSPS) is 17.2. The molecule has 0 aliphatic carbocycles. The van der Waals surface area contributed by atoms with Gasteiger partial charge in [-0.25, -0.2) is 0 Å². The Balaban J connectivity index is 1.66. The quantitative estimate of drug-likeness (QED) is 0.325. The van der Waals surface area contributed by atoms with E-state index in [4.69, 9.17) is 9.31 Å². The predicted octanol–water partition coefficient (Wildman–Crippen LogP) is 6.35. The summed E-state index contributed by atoms with van der Waals surface area (Å²) < 4.78 is 12.4. The lowest BCUT2D eigenvalue weighted by Gasteiger charge is -2.32. The highest BCUT2D eigenvalue weighted by molar-refractivity contribution is 9.08. The molecule has 3 aromatic rings. The summed E-state index contributed by atoms with van der Waals surface area (Å²) in [6, 6.07) is 27.5.